The number of halogens is 1. The molecule has 1 atom stereocenters. The quantitative estimate of drug-likeness (QED) is 0.710. The van der Waals surface area contributed by atoms with Crippen molar-refractivity contribution in [1.29, 1.82) is 0 Å². The second-order valence-corrected chi connectivity index (χ2v) is 6.05. The molecule has 0 radical (unpaired) electrons. The molecule has 0 bridgehead atoms. The Morgan fingerprint density at radius 3 is 2.50 bits per heavy atom. The van der Waals surface area contributed by atoms with E-state index in [1.807, 2.05) is 0 Å². The van der Waals surface area contributed by atoms with Crippen molar-refractivity contribution < 1.29 is 23.8 Å². The second kappa shape index (κ2) is 7.53. The van der Waals surface area contributed by atoms with E-state index in [0.29, 0.717) is 5.56 Å². The van der Waals surface area contributed by atoms with Crippen molar-refractivity contribution in [2.45, 2.75) is 12.5 Å². The van der Waals surface area contributed by atoms with Gasteiger partial charge in [0, 0.05) is 23.7 Å². The average molecular weight is 358 g/mol. The van der Waals surface area contributed by atoms with Gasteiger partial charge in [-0.25, -0.2) is 4.39 Å². The summed E-state index contributed by atoms with van der Waals surface area (Å²) in [6, 6.07) is 8.40. The van der Waals surface area contributed by atoms with E-state index in [0.717, 1.165) is 19.5 Å². The summed E-state index contributed by atoms with van der Waals surface area (Å²) < 4.78 is 19.2. The van der Waals surface area contributed by atoms with E-state index in [1.54, 1.807) is 0 Å². The summed E-state index contributed by atoms with van der Waals surface area (Å²) in [7, 11) is 1.27. The molecule has 6 nitrogen and oxygen atoms in total. The van der Waals surface area contributed by atoms with Gasteiger partial charge in [0.25, 0.3) is 5.91 Å². The summed E-state index contributed by atoms with van der Waals surface area (Å²) >= 11 is 0. The number of carbonyl (C=O) groups is 2. The van der Waals surface area contributed by atoms with Gasteiger partial charge < -0.3 is 20.5 Å². The molecule has 1 unspecified atom stereocenters. The van der Waals surface area contributed by atoms with Crippen LogP contribution < -0.4 is 15.4 Å². The van der Waals surface area contributed by atoms with Crippen LogP contribution in [-0.4, -0.2) is 43.0 Å². The first-order chi connectivity index (χ1) is 12.5. The lowest BCUT2D eigenvalue weighted by Crippen LogP contribution is -2.36. The number of phenols is 1. The summed E-state index contributed by atoms with van der Waals surface area (Å²) in [5.74, 6) is -2.44. The Morgan fingerprint density at radius 1 is 1.19 bits per heavy atom. The van der Waals surface area contributed by atoms with Gasteiger partial charge in [-0.1, -0.05) is 12.1 Å². The van der Waals surface area contributed by atoms with Crippen LogP contribution in [0.2, 0.25) is 0 Å². The minimum absolute atomic E-state index is 0.0895. The van der Waals surface area contributed by atoms with Crippen molar-refractivity contribution >= 4 is 11.7 Å². The number of methoxy groups -OCH3 is 1. The molecule has 1 aliphatic rings. The first kappa shape index (κ1) is 17.9. The van der Waals surface area contributed by atoms with Crippen molar-refractivity contribution in [3.63, 3.8) is 0 Å². The molecule has 26 heavy (non-hydrogen) atoms. The van der Waals surface area contributed by atoms with Crippen LogP contribution in [0.3, 0.4) is 0 Å². The third-order valence-corrected chi connectivity index (χ3v) is 4.34. The molecule has 1 aliphatic heterocycles. The van der Waals surface area contributed by atoms with Gasteiger partial charge in [-0.05, 0) is 37.2 Å². The van der Waals surface area contributed by atoms with Crippen molar-refractivity contribution in [2.75, 3.05) is 20.2 Å². The Hall–Kier alpha value is -2.93. The van der Waals surface area contributed by atoms with Crippen molar-refractivity contribution in [2.24, 2.45) is 0 Å². The minimum atomic E-state index is -0.923. The lowest BCUT2D eigenvalue weighted by Gasteiger charge is -2.12. The monoisotopic (exact) mass is 358 g/mol. The molecule has 0 aromatic heterocycles. The van der Waals surface area contributed by atoms with Crippen LogP contribution >= 0.6 is 0 Å². The van der Waals surface area contributed by atoms with Gasteiger partial charge in [-0.3, -0.25) is 9.59 Å². The van der Waals surface area contributed by atoms with Crippen LogP contribution in [-0.2, 0) is 0 Å². The SMILES string of the molecule is COc1ccc(O)c(C(=O)c2ccc(C(=O)NC3CCNC3)cc2)c1F. The lowest BCUT2D eigenvalue weighted by atomic mass is 10.00. The summed E-state index contributed by atoms with van der Waals surface area (Å²) in [6.07, 6.45) is 0.872. The number of hydrogen-bond donors (Lipinski definition) is 3. The first-order valence-electron chi connectivity index (χ1n) is 8.23. The highest BCUT2D eigenvalue weighted by molar-refractivity contribution is 6.11. The number of amides is 1. The van der Waals surface area contributed by atoms with Crippen LogP contribution in [0.1, 0.15) is 32.7 Å². The molecule has 1 fully saturated rings. The maximum atomic E-state index is 14.3. The topological polar surface area (TPSA) is 87.7 Å². The summed E-state index contributed by atoms with van der Waals surface area (Å²) in [5.41, 5.74) is 0.105. The largest absolute Gasteiger partial charge is 0.507 e. The van der Waals surface area contributed by atoms with E-state index in [-0.39, 0.29) is 23.3 Å². The van der Waals surface area contributed by atoms with Gasteiger partial charge >= 0.3 is 0 Å². The average Bonchev–Trinajstić information content (AvgIpc) is 3.15. The minimum Gasteiger partial charge on any atom is -0.507 e. The van der Waals surface area contributed by atoms with Crippen LogP contribution in [0.4, 0.5) is 4.39 Å². The van der Waals surface area contributed by atoms with Crippen LogP contribution in [0, 0.1) is 5.82 Å². The molecule has 0 saturated carbocycles. The predicted octanol–water partition coefficient (Wildman–Crippen LogP) is 1.86. The Labute approximate surface area is 150 Å². The second-order valence-electron chi connectivity index (χ2n) is 6.05. The standard InChI is InChI=1S/C19H19FN2O4/c1-26-15-7-6-14(23)16(17(15)20)18(24)11-2-4-12(5-3-11)19(25)22-13-8-9-21-10-13/h2-7,13,21,23H,8-10H2,1H3,(H,22,25). The van der Waals surface area contributed by atoms with Crippen LogP contribution in [0.15, 0.2) is 36.4 Å². The predicted molar refractivity (Wildman–Crippen MR) is 93.2 cm³/mol. The number of phenolic OH excluding ortho intramolecular Hbond substituents is 1. The Kier molecular flexibility index (Phi) is 5.18. The third kappa shape index (κ3) is 3.52. The molecule has 0 aliphatic carbocycles. The Morgan fingerprint density at radius 2 is 1.88 bits per heavy atom. The molecule has 136 valence electrons. The molecule has 1 heterocycles. The van der Waals surface area contributed by atoms with E-state index in [1.165, 1.54) is 43.5 Å². The van der Waals surface area contributed by atoms with Crippen LogP contribution in [0.5, 0.6) is 11.5 Å². The van der Waals surface area contributed by atoms with Gasteiger partial charge in [-0.15, -0.1) is 0 Å². The van der Waals surface area contributed by atoms with Gasteiger partial charge in [-0.2, -0.15) is 0 Å². The molecule has 3 rings (SSSR count). The van der Waals surface area contributed by atoms with Crippen molar-refractivity contribution in [3.05, 3.63) is 58.9 Å². The highest BCUT2D eigenvalue weighted by atomic mass is 19.1. The fraction of sp³-hybridized carbons (Fsp3) is 0.263. The van der Waals surface area contributed by atoms with Gasteiger partial charge in [0.1, 0.15) is 11.3 Å². The molecule has 2 aromatic carbocycles. The third-order valence-electron chi connectivity index (χ3n) is 4.34. The highest BCUT2D eigenvalue weighted by Gasteiger charge is 2.23. The normalized spacial score (nSPS) is 16.3. The van der Waals surface area contributed by atoms with E-state index in [4.69, 9.17) is 4.74 Å². The zero-order valence-corrected chi connectivity index (χ0v) is 14.2. The van der Waals surface area contributed by atoms with E-state index in [2.05, 4.69) is 10.6 Å². The summed E-state index contributed by atoms with van der Waals surface area (Å²) in [4.78, 5) is 24.8. The number of ether oxygens (including phenoxy) is 1. The van der Waals surface area contributed by atoms with E-state index >= 15 is 0 Å². The van der Waals surface area contributed by atoms with Crippen LogP contribution in [0.25, 0.3) is 0 Å². The van der Waals surface area contributed by atoms with Gasteiger partial charge in [0.2, 0.25) is 0 Å². The summed E-state index contributed by atoms with van der Waals surface area (Å²) in [5, 5.41) is 15.9. The fourth-order valence-electron chi connectivity index (χ4n) is 2.88. The molecular weight excluding hydrogens is 339 g/mol. The zero-order valence-electron chi connectivity index (χ0n) is 14.2. The molecule has 1 amide bonds. The van der Waals surface area contributed by atoms with Gasteiger partial charge in [0.05, 0.1) is 7.11 Å². The molecule has 7 heteroatoms. The highest BCUT2D eigenvalue weighted by Crippen LogP contribution is 2.30. The number of nitrogens with one attached hydrogen (secondary N) is 2. The number of ketones is 1. The Balaban J connectivity index is 1.80. The molecule has 2 aromatic rings. The zero-order chi connectivity index (χ0) is 18.7. The smallest absolute Gasteiger partial charge is 0.251 e. The Bertz CT molecular complexity index is 830. The number of carbonyl (C=O) groups excluding carboxylic acids is 2. The van der Waals surface area contributed by atoms with E-state index < -0.39 is 22.9 Å². The lowest BCUT2D eigenvalue weighted by molar-refractivity contribution is 0.0938. The molecule has 3 N–H and O–H groups in total. The van der Waals surface area contributed by atoms with E-state index in [9.17, 15) is 19.1 Å². The van der Waals surface area contributed by atoms with Crippen molar-refractivity contribution in [3.8, 4) is 11.5 Å². The fourth-order valence-corrected chi connectivity index (χ4v) is 2.88. The molecule has 1 saturated heterocycles. The van der Waals surface area contributed by atoms with Crippen molar-refractivity contribution in [1.82, 2.24) is 10.6 Å². The number of aromatic hydroxyl groups is 1. The summed E-state index contributed by atoms with van der Waals surface area (Å²) in [6.45, 7) is 1.60. The molecular formula is C19H19FN2O4. The molecule has 0 spiro atoms. The maximum absolute atomic E-state index is 14.3. The maximum Gasteiger partial charge on any atom is 0.251 e. The number of benzene rings is 2. The van der Waals surface area contributed by atoms with Gasteiger partial charge in [0.15, 0.2) is 17.3 Å². The number of hydrogen-bond acceptors (Lipinski definition) is 5. The number of rotatable bonds is 5. The first-order valence-corrected chi connectivity index (χ1v) is 8.23.